The minimum Gasteiger partial charge on any atom is -0.310 e. The van der Waals surface area contributed by atoms with Crippen molar-refractivity contribution in [2.45, 2.75) is 26.7 Å². The van der Waals surface area contributed by atoms with Gasteiger partial charge in [-0.15, -0.1) is 0 Å². The second kappa shape index (κ2) is 16.7. The summed E-state index contributed by atoms with van der Waals surface area (Å²) in [5.41, 5.74) is 14.2. The van der Waals surface area contributed by atoms with Crippen LogP contribution in [-0.4, -0.2) is 0 Å². The Morgan fingerprint density at radius 2 is 0.609 bits per heavy atom. The summed E-state index contributed by atoms with van der Waals surface area (Å²) in [6, 6.07) is 85.2. The molecule has 0 aliphatic carbocycles. The van der Waals surface area contributed by atoms with Crippen LogP contribution in [0.2, 0.25) is 0 Å². The highest BCUT2D eigenvalue weighted by molar-refractivity contribution is 6.23. The number of aryl methyl sites for hydroxylation is 2. The van der Waals surface area contributed by atoms with E-state index in [2.05, 4.69) is 254 Å². The van der Waals surface area contributed by atoms with Crippen LogP contribution in [0.1, 0.15) is 25.0 Å². The molecule has 0 heterocycles. The zero-order chi connectivity index (χ0) is 43.0. The molecule has 0 aliphatic rings. The molecule has 0 atom stereocenters. The molecule has 0 bridgehead atoms. The smallest absolute Gasteiger partial charge is 0.0468 e. The normalized spacial score (nSPS) is 11.4. The van der Waals surface area contributed by atoms with Crippen LogP contribution in [-0.2, 0) is 12.8 Å². The molecule has 0 aromatic heterocycles. The summed E-state index contributed by atoms with van der Waals surface area (Å²) in [4.78, 5) is 4.79. The van der Waals surface area contributed by atoms with E-state index in [4.69, 9.17) is 0 Å². The lowest BCUT2D eigenvalue weighted by Gasteiger charge is -2.28. The monoisotopic (exact) mass is 820 g/mol. The van der Waals surface area contributed by atoms with Gasteiger partial charge in [0.1, 0.15) is 0 Å². The van der Waals surface area contributed by atoms with Crippen molar-refractivity contribution in [2.24, 2.45) is 0 Å². The number of hydrogen-bond acceptors (Lipinski definition) is 2. The molecule has 2 heteroatoms. The summed E-state index contributed by atoms with van der Waals surface area (Å²) in [6.45, 7) is 4.43. The Balaban J connectivity index is 1.25. The molecule has 0 amide bonds. The Morgan fingerprint density at radius 1 is 0.266 bits per heavy atom. The van der Waals surface area contributed by atoms with Crippen LogP contribution in [0.4, 0.5) is 34.1 Å². The van der Waals surface area contributed by atoms with Crippen LogP contribution in [0, 0.1) is 0 Å². The maximum Gasteiger partial charge on any atom is 0.0468 e. The van der Waals surface area contributed by atoms with Crippen LogP contribution in [0.25, 0.3) is 65.3 Å². The molecule has 306 valence electrons. The van der Waals surface area contributed by atoms with Gasteiger partial charge in [0.15, 0.2) is 0 Å². The van der Waals surface area contributed by atoms with Crippen LogP contribution >= 0.6 is 0 Å². The van der Waals surface area contributed by atoms with Gasteiger partial charge in [0.05, 0.1) is 0 Å². The first kappa shape index (κ1) is 38.9. The van der Waals surface area contributed by atoms with Crippen molar-refractivity contribution in [1.82, 2.24) is 0 Å². The quantitative estimate of drug-likeness (QED) is 0.127. The third-order valence-electron chi connectivity index (χ3n) is 12.9. The number of para-hydroxylation sites is 2. The number of benzene rings is 11. The van der Waals surface area contributed by atoms with Crippen molar-refractivity contribution >= 4 is 77.2 Å². The fourth-order valence-corrected chi connectivity index (χ4v) is 9.60. The minimum absolute atomic E-state index is 0.997. The number of rotatable bonds is 10. The molecule has 0 fully saturated rings. The Bertz CT molecular complexity index is 3210. The molecule has 0 saturated heterocycles. The minimum atomic E-state index is 0.997. The Hall–Kier alpha value is -7.94. The first-order valence-electron chi connectivity index (χ1n) is 22.5. The van der Waals surface area contributed by atoms with E-state index in [0.717, 1.165) is 47.0 Å². The maximum absolute atomic E-state index is 2.43. The van der Waals surface area contributed by atoms with Crippen molar-refractivity contribution in [3.05, 3.63) is 242 Å². The molecule has 11 rings (SSSR count). The highest BCUT2D eigenvalue weighted by Gasteiger charge is 2.22. The summed E-state index contributed by atoms with van der Waals surface area (Å²) in [5.74, 6) is 0. The molecule has 0 spiro atoms. The number of hydrogen-bond donors (Lipinski definition) is 0. The molecule has 0 radical (unpaired) electrons. The largest absolute Gasteiger partial charge is 0.310 e. The van der Waals surface area contributed by atoms with E-state index in [1.165, 1.54) is 76.5 Å². The molecule has 0 aliphatic heterocycles. The van der Waals surface area contributed by atoms with E-state index in [1.54, 1.807) is 0 Å². The fourth-order valence-electron chi connectivity index (χ4n) is 9.60. The van der Waals surface area contributed by atoms with E-state index in [9.17, 15) is 0 Å². The van der Waals surface area contributed by atoms with Gasteiger partial charge in [0.2, 0.25) is 0 Å². The van der Waals surface area contributed by atoms with Crippen LogP contribution < -0.4 is 9.80 Å². The molecule has 2 nitrogen and oxygen atoms in total. The molecule has 0 unspecified atom stereocenters. The van der Waals surface area contributed by atoms with Crippen LogP contribution in [0.5, 0.6) is 0 Å². The van der Waals surface area contributed by atoms with Crippen molar-refractivity contribution in [1.29, 1.82) is 0 Å². The SMILES string of the molecule is CCc1ccc(N(c2ccccc2)c2ccc3c(-c4ccc5ccccc5c4)c4cc(N(c5ccccc5)c5ccc(CC)cc5)ccc4c(-c4ccc5ccccc5c4)c3c2)cc1. The fraction of sp³-hybridized carbons (Fsp3) is 0.0645. The van der Waals surface area contributed by atoms with Gasteiger partial charge < -0.3 is 9.80 Å². The topological polar surface area (TPSA) is 6.48 Å². The molecular formula is C62H48N2. The van der Waals surface area contributed by atoms with Gasteiger partial charge in [-0.05, 0) is 174 Å². The van der Waals surface area contributed by atoms with Crippen molar-refractivity contribution in [3.8, 4) is 22.3 Å². The second-order valence-electron chi connectivity index (χ2n) is 16.7. The Kier molecular flexibility index (Phi) is 10.2. The van der Waals surface area contributed by atoms with Gasteiger partial charge in [0.25, 0.3) is 0 Å². The lowest BCUT2D eigenvalue weighted by atomic mass is 9.84. The first-order valence-corrected chi connectivity index (χ1v) is 22.5. The van der Waals surface area contributed by atoms with Gasteiger partial charge in [-0.25, -0.2) is 0 Å². The first-order chi connectivity index (χ1) is 31.6. The lowest BCUT2D eigenvalue weighted by Crippen LogP contribution is -2.10. The third-order valence-corrected chi connectivity index (χ3v) is 12.9. The van der Waals surface area contributed by atoms with Gasteiger partial charge >= 0.3 is 0 Å². The van der Waals surface area contributed by atoms with E-state index in [-0.39, 0.29) is 0 Å². The second-order valence-corrected chi connectivity index (χ2v) is 16.7. The van der Waals surface area contributed by atoms with E-state index < -0.39 is 0 Å². The van der Waals surface area contributed by atoms with Gasteiger partial charge in [-0.2, -0.15) is 0 Å². The van der Waals surface area contributed by atoms with Gasteiger partial charge in [-0.3, -0.25) is 0 Å². The highest BCUT2D eigenvalue weighted by Crippen LogP contribution is 2.49. The Morgan fingerprint density at radius 3 is 1.00 bits per heavy atom. The number of fused-ring (bicyclic) bond motifs is 4. The average molecular weight is 821 g/mol. The maximum atomic E-state index is 2.43. The zero-order valence-electron chi connectivity index (χ0n) is 36.2. The van der Waals surface area contributed by atoms with Gasteiger partial charge in [-0.1, -0.05) is 159 Å². The lowest BCUT2D eigenvalue weighted by molar-refractivity contribution is 1.14. The summed E-state index contributed by atoms with van der Waals surface area (Å²) in [5, 5.41) is 9.73. The summed E-state index contributed by atoms with van der Waals surface area (Å²) in [7, 11) is 0. The highest BCUT2D eigenvalue weighted by atomic mass is 15.1. The number of nitrogens with zero attached hydrogens (tertiary/aromatic N) is 2. The Labute approximate surface area is 375 Å². The van der Waals surface area contributed by atoms with Crippen molar-refractivity contribution < 1.29 is 0 Å². The predicted molar refractivity (Wildman–Crippen MR) is 275 cm³/mol. The summed E-state index contributed by atoms with van der Waals surface area (Å²) < 4.78 is 0. The zero-order valence-corrected chi connectivity index (χ0v) is 36.2. The molecule has 64 heavy (non-hydrogen) atoms. The summed E-state index contributed by atoms with van der Waals surface area (Å²) >= 11 is 0. The van der Waals surface area contributed by atoms with Crippen molar-refractivity contribution in [3.63, 3.8) is 0 Å². The standard InChI is InChI=1S/C62H48N2/c1-3-43-23-31-53(32-24-43)63(51-19-7-5-8-20-51)55-35-37-57-59(41-55)61(49-29-27-45-15-11-13-17-47(45)39-49)58-38-36-56(42-60(58)62(57)50-30-28-46-16-12-14-18-48(46)40-50)64(52-21-9-6-10-22-52)54-33-25-44(4-2)26-34-54/h5-42H,3-4H2,1-2H3. The number of anilines is 6. The molecule has 0 saturated carbocycles. The van der Waals surface area contributed by atoms with E-state index in [1.807, 2.05) is 0 Å². The van der Waals surface area contributed by atoms with Crippen LogP contribution in [0.3, 0.4) is 0 Å². The molecule has 11 aromatic rings. The van der Waals surface area contributed by atoms with E-state index in [0.29, 0.717) is 0 Å². The summed E-state index contributed by atoms with van der Waals surface area (Å²) in [6.07, 6.45) is 1.99. The van der Waals surface area contributed by atoms with Crippen LogP contribution in [0.15, 0.2) is 231 Å². The average Bonchev–Trinajstić information content (AvgIpc) is 3.36. The van der Waals surface area contributed by atoms with Gasteiger partial charge in [0, 0.05) is 34.1 Å². The molecular weight excluding hydrogens is 773 g/mol. The third kappa shape index (κ3) is 7.13. The predicted octanol–water partition coefficient (Wildman–Crippen LogP) is 17.7. The molecule has 11 aromatic carbocycles. The molecule has 0 N–H and O–H groups in total. The van der Waals surface area contributed by atoms with E-state index >= 15 is 0 Å². The van der Waals surface area contributed by atoms with Crippen molar-refractivity contribution in [2.75, 3.05) is 9.80 Å².